The molecular weight excluding hydrogens is 350 g/mol. The van der Waals surface area contributed by atoms with Crippen molar-refractivity contribution in [3.8, 4) is 5.75 Å². The highest BCUT2D eigenvalue weighted by Crippen LogP contribution is 2.27. The number of hydrogen-bond donors (Lipinski definition) is 1. The number of benzene rings is 2. The van der Waals surface area contributed by atoms with Crippen molar-refractivity contribution in [2.45, 2.75) is 31.7 Å². The van der Waals surface area contributed by atoms with Crippen LogP contribution >= 0.6 is 0 Å². The van der Waals surface area contributed by atoms with Crippen molar-refractivity contribution in [3.05, 3.63) is 54.1 Å². The summed E-state index contributed by atoms with van der Waals surface area (Å²) in [4.78, 5) is 17.7. The SMILES string of the molecule is COc1ccc(N[C@H]2CCCN(C(=O)c3ccccc3N3CCCC3)C2)cc1. The quantitative estimate of drug-likeness (QED) is 0.852. The third kappa shape index (κ3) is 4.08. The summed E-state index contributed by atoms with van der Waals surface area (Å²) in [7, 11) is 1.67. The number of anilines is 2. The fourth-order valence-electron chi connectivity index (χ4n) is 4.26. The van der Waals surface area contributed by atoms with E-state index in [1.165, 1.54) is 12.8 Å². The van der Waals surface area contributed by atoms with Gasteiger partial charge in [-0.25, -0.2) is 0 Å². The molecular formula is C23H29N3O2. The number of ether oxygens (including phenoxy) is 1. The van der Waals surface area contributed by atoms with Crippen molar-refractivity contribution in [2.24, 2.45) is 0 Å². The Morgan fingerprint density at radius 1 is 1.00 bits per heavy atom. The number of amides is 1. The van der Waals surface area contributed by atoms with E-state index < -0.39 is 0 Å². The first-order valence-electron chi connectivity index (χ1n) is 10.3. The highest BCUT2D eigenvalue weighted by molar-refractivity contribution is 6.00. The summed E-state index contributed by atoms with van der Waals surface area (Å²) in [5.41, 5.74) is 3.00. The van der Waals surface area contributed by atoms with Crippen LogP contribution in [0.5, 0.6) is 5.75 Å². The van der Waals surface area contributed by atoms with Crippen molar-refractivity contribution in [1.82, 2.24) is 4.90 Å². The first-order chi connectivity index (χ1) is 13.7. The van der Waals surface area contributed by atoms with Gasteiger partial charge in [-0.05, 0) is 62.1 Å². The first kappa shape index (κ1) is 18.7. The van der Waals surface area contributed by atoms with Gasteiger partial charge < -0.3 is 19.9 Å². The standard InChI is InChI=1S/C23H29N3O2/c1-28-20-12-10-18(11-13-20)24-19-7-6-16-26(17-19)23(27)21-8-2-3-9-22(21)25-14-4-5-15-25/h2-3,8-13,19,24H,4-7,14-17H2,1H3/t19-/m0/s1. The number of para-hydroxylation sites is 1. The summed E-state index contributed by atoms with van der Waals surface area (Å²) in [5, 5.41) is 3.58. The summed E-state index contributed by atoms with van der Waals surface area (Å²) in [6.45, 7) is 3.66. The summed E-state index contributed by atoms with van der Waals surface area (Å²) in [6.07, 6.45) is 4.51. The largest absolute Gasteiger partial charge is 0.497 e. The zero-order chi connectivity index (χ0) is 19.3. The van der Waals surface area contributed by atoms with Gasteiger partial charge >= 0.3 is 0 Å². The zero-order valence-electron chi connectivity index (χ0n) is 16.6. The second kappa shape index (κ2) is 8.55. The van der Waals surface area contributed by atoms with Gasteiger partial charge in [-0.2, -0.15) is 0 Å². The Morgan fingerprint density at radius 3 is 2.50 bits per heavy atom. The fourth-order valence-corrected chi connectivity index (χ4v) is 4.26. The molecule has 0 unspecified atom stereocenters. The van der Waals surface area contributed by atoms with Crippen LogP contribution in [0, 0.1) is 0 Å². The Balaban J connectivity index is 1.45. The molecule has 0 spiro atoms. The van der Waals surface area contributed by atoms with E-state index in [4.69, 9.17) is 4.74 Å². The molecule has 0 bridgehead atoms. The number of likely N-dealkylation sites (tertiary alicyclic amines) is 1. The normalized spacial score (nSPS) is 19.5. The second-order valence-corrected chi connectivity index (χ2v) is 7.67. The molecule has 1 N–H and O–H groups in total. The van der Waals surface area contributed by atoms with Crippen LogP contribution in [0.25, 0.3) is 0 Å². The van der Waals surface area contributed by atoms with E-state index in [1.807, 2.05) is 47.4 Å². The van der Waals surface area contributed by atoms with Gasteiger partial charge in [0.1, 0.15) is 5.75 Å². The smallest absolute Gasteiger partial charge is 0.256 e. The minimum atomic E-state index is 0.156. The first-order valence-corrected chi connectivity index (χ1v) is 10.3. The van der Waals surface area contributed by atoms with Crippen LogP contribution in [0.15, 0.2) is 48.5 Å². The van der Waals surface area contributed by atoms with Gasteiger partial charge in [0.15, 0.2) is 0 Å². The number of hydrogen-bond acceptors (Lipinski definition) is 4. The van der Waals surface area contributed by atoms with E-state index in [2.05, 4.69) is 16.3 Å². The molecule has 0 aromatic heterocycles. The number of methoxy groups -OCH3 is 1. The van der Waals surface area contributed by atoms with Gasteiger partial charge in [-0.1, -0.05) is 12.1 Å². The van der Waals surface area contributed by atoms with Crippen molar-refractivity contribution in [3.63, 3.8) is 0 Å². The maximum Gasteiger partial charge on any atom is 0.256 e. The number of piperidine rings is 1. The second-order valence-electron chi connectivity index (χ2n) is 7.67. The van der Waals surface area contributed by atoms with Crippen LogP contribution in [-0.2, 0) is 0 Å². The molecule has 1 amide bonds. The summed E-state index contributed by atoms with van der Waals surface area (Å²) in [5.74, 6) is 1.01. The predicted octanol–water partition coefficient (Wildman–Crippen LogP) is 4.01. The third-order valence-corrected chi connectivity index (χ3v) is 5.75. The van der Waals surface area contributed by atoms with E-state index >= 15 is 0 Å². The van der Waals surface area contributed by atoms with Crippen LogP contribution in [0.3, 0.4) is 0 Å². The Kier molecular flexibility index (Phi) is 5.70. The van der Waals surface area contributed by atoms with Crippen LogP contribution in [0.4, 0.5) is 11.4 Å². The van der Waals surface area contributed by atoms with Gasteiger partial charge in [0.25, 0.3) is 5.91 Å². The molecule has 2 heterocycles. The summed E-state index contributed by atoms with van der Waals surface area (Å²) in [6, 6.07) is 16.3. The molecule has 0 aliphatic carbocycles. The van der Waals surface area contributed by atoms with E-state index in [9.17, 15) is 4.79 Å². The van der Waals surface area contributed by atoms with E-state index in [0.29, 0.717) is 0 Å². The molecule has 2 aromatic carbocycles. The number of nitrogens with one attached hydrogen (secondary N) is 1. The molecule has 5 heteroatoms. The Labute approximate surface area is 167 Å². The van der Waals surface area contributed by atoms with E-state index in [-0.39, 0.29) is 11.9 Å². The molecule has 0 radical (unpaired) electrons. The van der Waals surface area contributed by atoms with Crippen LogP contribution in [0.1, 0.15) is 36.0 Å². The van der Waals surface area contributed by atoms with Crippen LogP contribution in [0.2, 0.25) is 0 Å². The zero-order valence-corrected chi connectivity index (χ0v) is 16.6. The number of carbonyl (C=O) groups excluding carboxylic acids is 1. The lowest BCUT2D eigenvalue weighted by Gasteiger charge is -2.34. The Hall–Kier alpha value is -2.69. The Bertz CT molecular complexity index is 800. The minimum Gasteiger partial charge on any atom is -0.497 e. The number of rotatable bonds is 5. The highest BCUT2D eigenvalue weighted by atomic mass is 16.5. The van der Waals surface area contributed by atoms with E-state index in [1.54, 1.807) is 7.11 Å². The molecule has 2 aliphatic heterocycles. The highest BCUT2D eigenvalue weighted by Gasteiger charge is 2.27. The lowest BCUT2D eigenvalue weighted by molar-refractivity contribution is 0.0715. The van der Waals surface area contributed by atoms with Gasteiger partial charge in [0, 0.05) is 43.6 Å². The average molecular weight is 380 g/mol. The van der Waals surface area contributed by atoms with Crippen molar-refractivity contribution >= 4 is 17.3 Å². The molecule has 0 saturated carbocycles. The van der Waals surface area contributed by atoms with Crippen molar-refractivity contribution in [2.75, 3.05) is 43.5 Å². The average Bonchev–Trinajstić information content (AvgIpc) is 3.29. The molecule has 1 atom stereocenters. The van der Waals surface area contributed by atoms with E-state index in [0.717, 1.165) is 61.7 Å². The molecule has 2 aliphatic rings. The Morgan fingerprint density at radius 2 is 1.75 bits per heavy atom. The summed E-state index contributed by atoms with van der Waals surface area (Å²) < 4.78 is 5.23. The van der Waals surface area contributed by atoms with Crippen LogP contribution < -0.4 is 15.0 Å². The van der Waals surface area contributed by atoms with Gasteiger partial charge in [0.05, 0.1) is 12.7 Å². The van der Waals surface area contributed by atoms with Gasteiger partial charge in [-0.15, -0.1) is 0 Å². The van der Waals surface area contributed by atoms with Crippen molar-refractivity contribution < 1.29 is 9.53 Å². The molecule has 2 aromatic rings. The molecule has 28 heavy (non-hydrogen) atoms. The predicted molar refractivity (Wildman–Crippen MR) is 113 cm³/mol. The maximum atomic E-state index is 13.3. The maximum absolute atomic E-state index is 13.3. The molecule has 4 rings (SSSR count). The molecule has 5 nitrogen and oxygen atoms in total. The minimum absolute atomic E-state index is 0.156. The topological polar surface area (TPSA) is 44.8 Å². The molecule has 148 valence electrons. The summed E-state index contributed by atoms with van der Waals surface area (Å²) >= 11 is 0. The molecule has 2 saturated heterocycles. The fraction of sp³-hybridized carbons (Fsp3) is 0.435. The third-order valence-electron chi connectivity index (χ3n) is 5.75. The molecule has 2 fully saturated rings. The van der Waals surface area contributed by atoms with Crippen LogP contribution in [-0.4, -0.2) is 50.1 Å². The van der Waals surface area contributed by atoms with Gasteiger partial charge in [-0.3, -0.25) is 4.79 Å². The van der Waals surface area contributed by atoms with Gasteiger partial charge in [0.2, 0.25) is 0 Å². The number of nitrogens with zero attached hydrogens (tertiary/aromatic N) is 2. The number of carbonyl (C=O) groups is 1. The van der Waals surface area contributed by atoms with Crippen molar-refractivity contribution in [1.29, 1.82) is 0 Å². The lowest BCUT2D eigenvalue weighted by Crippen LogP contribution is -2.45. The lowest BCUT2D eigenvalue weighted by atomic mass is 10.0. The monoisotopic (exact) mass is 379 g/mol.